The molecule has 0 spiro atoms. The van der Waals surface area contributed by atoms with E-state index in [0.717, 1.165) is 44.0 Å². The van der Waals surface area contributed by atoms with Crippen molar-refractivity contribution in [1.82, 2.24) is 9.80 Å². The number of piperazine rings is 1. The minimum atomic E-state index is 0.240. The van der Waals surface area contributed by atoms with Crippen LogP contribution in [0.2, 0.25) is 0 Å². The van der Waals surface area contributed by atoms with Gasteiger partial charge in [-0.05, 0) is 31.2 Å². The van der Waals surface area contributed by atoms with Gasteiger partial charge in [0, 0.05) is 32.1 Å². The summed E-state index contributed by atoms with van der Waals surface area (Å²) in [5.41, 5.74) is 2.34. The summed E-state index contributed by atoms with van der Waals surface area (Å²) in [6, 6.07) is 6.45. The van der Waals surface area contributed by atoms with Crippen molar-refractivity contribution < 1.29 is 9.53 Å². The van der Waals surface area contributed by atoms with Crippen LogP contribution in [0.15, 0.2) is 18.2 Å². The van der Waals surface area contributed by atoms with Gasteiger partial charge in [-0.2, -0.15) is 0 Å². The van der Waals surface area contributed by atoms with Gasteiger partial charge in [-0.15, -0.1) is 0 Å². The topological polar surface area (TPSA) is 32.8 Å². The number of carbonyl (C=O) groups excluding carboxylic acids is 1. The Kier molecular flexibility index (Phi) is 3.66. The predicted molar refractivity (Wildman–Crippen MR) is 78.0 cm³/mol. The third-order valence-electron chi connectivity index (χ3n) is 4.26. The smallest absolute Gasteiger partial charge is 0.227 e. The fraction of sp³-hybridized carbons (Fsp3) is 0.562. The Balaban J connectivity index is 1.67. The van der Waals surface area contributed by atoms with Crippen molar-refractivity contribution in [2.75, 3.05) is 33.3 Å². The fourth-order valence-corrected chi connectivity index (χ4v) is 3.14. The summed E-state index contributed by atoms with van der Waals surface area (Å²) in [7, 11) is 2.11. The van der Waals surface area contributed by atoms with Crippen molar-refractivity contribution >= 4 is 5.91 Å². The number of likely N-dealkylation sites (N-methyl/N-ethyl adjacent to an activating group) is 1. The normalized spacial score (nSPS) is 22.5. The Morgan fingerprint density at radius 1 is 1.40 bits per heavy atom. The van der Waals surface area contributed by atoms with Gasteiger partial charge < -0.3 is 14.5 Å². The molecule has 1 aromatic rings. The van der Waals surface area contributed by atoms with Crippen molar-refractivity contribution in [3.63, 3.8) is 0 Å². The maximum absolute atomic E-state index is 12.5. The molecule has 0 aliphatic carbocycles. The van der Waals surface area contributed by atoms with Crippen LogP contribution in [0.3, 0.4) is 0 Å². The molecular weight excluding hydrogens is 252 g/mol. The second-order valence-electron chi connectivity index (χ2n) is 5.92. The van der Waals surface area contributed by atoms with Gasteiger partial charge in [0.1, 0.15) is 5.75 Å². The van der Waals surface area contributed by atoms with E-state index in [4.69, 9.17) is 4.74 Å². The maximum Gasteiger partial charge on any atom is 0.227 e. The zero-order valence-corrected chi connectivity index (χ0v) is 12.3. The molecule has 4 nitrogen and oxygen atoms in total. The van der Waals surface area contributed by atoms with Gasteiger partial charge in [0.25, 0.3) is 0 Å². The highest BCUT2D eigenvalue weighted by Gasteiger charge is 2.25. The summed E-state index contributed by atoms with van der Waals surface area (Å²) in [5.74, 6) is 1.22. The van der Waals surface area contributed by atoms with Gasteiger partial charge in [-0.25, -0.2) is 0 Å². The van der Waals surface area contributed by atoms with Crippen molar-refractivity contribution in [1.29, 1.82) is 0 Å². The zero-order chi connectivity index (χ0) is 14.1. The second-order valence-corrected chi connectivity index (χ2v) is 5.92. The van der Waals surface area contributed by atoms with Crippen LogP contribution in [-0.4, -0.2) is 55.0 Å². The SMILES string of the molecule is CC1CN(C)CCN1C(=O)Cc1ccc2c(c1)CCO2. The predicted octanol–water partition coefficient (Wildman–Crippen LogP) is 1.33. The van der Waals surface area contributed by atoms with Crippen LogP contribution in [0.4, 0.5) is 0 Å². The lowest BCUT2D eigenvalue weighted by Crippen LogP contribution is -2.53. The summed E-state index contributed by atoms with van der Waals surface area (Å²) in [6.07, 6.45) is 1.46. The van der Waals surface area contributed by atoms with Crippen molar-refractivity contribution in [2.45, 2.75) is 25.8 Å². The quantitative estimate of drug-likeness (QED) is 0.815. The fourth-order valence-electron chi connectivity index (χ4n) is 3.14. The molecule has 1 aromatic carbocycles. The van der Waals surface area contributed by atoms with E-state index < -0.39 is 0 Å². The number of ether oxygens (including phenoxy) is 1. The molecule has 2 aliphatic heterocycles. The average Bonchev–Trinajstić information content (AvgIpc) is 2.85. The number of rotatable bonds is 2. The number of hydrogen-bond acceptors (Lipinski definition) is 3. The first-order valence-electron chi connectivity index (χ1n) is 7.36. The number of fused-ring (bicyclic) bond motifs is 1. The van der Waals surface area contributed by atoms with Crippen molar-refractivity contribution in [3.05, 3.63) is 29.3 Å². The highest BCUT2D eigenvalue weighted by Crippen LogP contribution is 2.26. The molecule has 0 aromatic heterocycles. The maximum atomic E-state index is 12.5. The molecular formula is C16H22N2O2. The van der Waals surface area contributed by atoms with E-state index in [1.54, 1.807) is 0 Å². The van der Waals surface area contributed by atoms with Gasteiger partial charge in [-0.1, -0.05) is 12.1 Å². The monoisotopic (exact) mass is 274 g/mol. The lowest BCUT2D eigenvalue weighted by atomic mass is 10.0. The van der Waals surface area contributed by atoms with Gasteiger partial charge in [-0.3, -0.25) is 4.79 Å². The van der Waals surface area contributed by atoms with E-state index in [0.29, 0.717) is 12.5 Å². The molecule has 1 fully saturated rings. The van der Waals surface area contributed by atoms with E-state index in [1.165, 1.54) is 5.56 Å². The lowest BCUT2D eigenvalue weighted by Gasteiger charge is -2.38. The van der Waals surface area contributed by atoms with E-state index in [1.807, 2.05) is 17.0 Å². The Morgan fingerprint density at radius 3 is 3.05 bits per heavy atom. The van der Waals surface area contributed by atoms with Crippen LogP contribution >= 0.6 is 0 Å². The van der Waals surface area contributed by atoms with E-state index in [2.05, 4.69) is 24.9 Å². The minimum Gasteiger partial charge on any atom is -0.493 e. The Hall–Kier alpha value is -1.55. The first kappa shape index (κ1) is 13.4. The number of carbonyl (C=O) groups is 1. The van der Waals surface area contributed by atoms with Crippen LogP contribution in [0.1, 0.15) is 18.1 Å². The molecule has 20 heavy (non-hydrogen) atoms. The third kappa shape index (κ3) is 2.66. The van der Waals surface area contributed by atoms with E-state index >= 15 is 0 Å². The first-order chi connectivity index (χ1) is 9.63. The van der Waals surface area contributed by atoms with Crippen molar-refractivity contribution in [3.8, 4) is 5.75 Å². The standard InChI is InChI=1S/C16H22N2O2/c1-12-11-17(2)6-7-18(12)16(19)10-13-3-4-15-14(9-13)5-8-20-15/h3-4,9,12H,5-8,10-11H2,1-2H3. The Labute approximate surface area is 120 Å². The summed E-state index contributed by atoms with van der Waals surface area (Å²) >= 11 is 0. The van der Waals surface area contributed by atoms with Gasteiger partial charge in [0.2, 0.25) is 5.91 Å². The third-order valence-corrected chi connectivity index (χ3v) is 4.26. The number of amides is 1. The number of nitrogens with zero attached hydrogens (tertiary/aromatic N) is 2. The Bertz CT molecular complexity index is 515. The highest BCUT2D eigenvalue weighted by atomic mass is 16.5. The van der Waals surface area contributed by atoms with Gasteiger partial charge >= 0.3 is 0 Å². The molecule has 1 amide bonds. The number of benzene rings is 1. The molecule has 108 valence electrons. The lowest BCUT2D eigenvalue weighted by molar-refractivity contribution is -0.134. The first-order valence-corrected chi connectivity index (χ1v) is 7.36. The summed E-state index contributed by atoms with van der Waals surface area (Å²) < 4.78 is 5.50. The van der Waals surface area contributed by atoms with Crippen LogP contribution < -0.4 is 4.74 Å². The minimum absolute atomic E-state index is 0.240. The van der Waals surface area contributed by atoms with Gasteiger partial charge in [0.05, 0.1) is 13.0 Å². The molecule has 4 heteroatoms. The summed E-state index contributed by atoms with van der Waals surface area (Å²) in [6.45, 7) is 5.66. The van der Waals surface area contributed by atoms with E-state index in [9.17, 15) is 4.79 Å². The molecule has 1 atom stereocenters. The summed E-state index contributed by atoms with van der Waals surface area (Å²) in [5, 5.41) is 0. The van der Waals surface area contributed by atoms with Crippen LogP contribution in [0.25, 0.3) is 0 Å². The van der Waals surface area contributed by atoms with Crippen molar-refractivity contribution in [2.24, 2.45) is 0 Å². The van der Waals surface area contributed by atoms with Crippen LogP contribution in [0.5, 0.6) is 5.75 Å². The largest absolute Gasteiger partial charge is 0.493 e. The molecule has 2 heterocycles. The molecule has 2 aliphatic rings. The van der Waals surface area contributed by atoms with Gasteiger partial charge in [0.15, 0.2) is 0 Å². The summed E-state index contributed by atoms with van der Waals surface area (Å²) in [4.78, 5) is 16.8. The average molecular weight is 274 g/mol. The zero-order valence-electron chi connectivity index (χ0n) is 12.3. The molecule has 0 saturated carbocycles. The molecule has 1 saturated heterocycles. The second kappa shape index (κ2) is 5.44. The molecule has 0 bridgehead atoms. The highest BCUT2D eigenvalue weighted by molar-refractivity contribution is 5.79. The van der Waals surface area contributed by atoms with Crippen LogP contribution in [0, 0.1) is 0 Å². The van der Waals surface area contributed by atoms with Crippen LogP contribution in [-0.2, 0) is 17.6 Å². The number of hydrogen-bond donors (Lipinski definition) is 0. The Morgan fingerprint density at radius 2 is 2.25 bits per heavy atom. The van der Waals surface area contributed by atoms with E-state index in [-0.39, 0.29) is 5.91 Å². The molecule has 0 radical (unpaired) electrons. The molecule has 3 rings (SSSR count). The molecule has 0 N–H and O–H groups in total. The molecule has 1 unspecified atom stereocenters.